The van der Waals surface area contributed by atoms with E-state index in [4.69, 9.17) is 10.6 Å². The van der Waals surface area contributed by atoms with Crippen molar-refractivity contribution in [2.45, 2.75) is 18.7 Å². The zero-order valence-electron chi connectivity index (χ0n) is 15.4. The molecule has 1 aromatic carbocycles. The molecular formula is C21H18N4O3S. The second-order valence-corrected chi connectivity index (χ2v) is 8.10. The molecule has 2 N–H and O–H groups in total. The number of benzene rings is 1. The minimum absolute atomic E-state index is 0.271. The van der Waals surface area contributed by atoms with Crippen LogP contribution in [0.1, 0.15) is 28.1 Å². The van der Waals surface area contributed by atoms with Gasteiger partial charge in [0.1, 0.15) is 18.7 Å². The quantitative estimate of drug-likeness (QED) is 0.704. The van der Waals surface area contributed by atoms with E-state index in [2.05, 4.69) is 4.98 Å². The van der Waals surface area contributed by atoms with Crippen molar-refractivity contribution < 1.29 is 14.4 Å². The van der Waals surface area contributed by atoms with E-state index in [1.807, 2.05) is 48.5 Å². The van der Waals surface area contributed by atoms with Gasteiger partial charge in [0.25, 0.3) is 0 Å². The highest BCUT2D eigenvalue weighted by Gasteiger charge is 2.51. The second kappa shape index (κ2) is 6.98. The largest absolute Gasteiger partial charge is 0.368 e. The Hall–Kier alpha value is -3.23. The van der Waals surface area contributed by atoms with Crippen molar-refractivity contribution in [3.05, 3.63) is 76.9 Å². The summed E-state index contributed by atoms with van der Waals surface area (Å²) in [5, 5.41) is 1.38. The Kier molecular flexibility index (Phi) is 4.30. The van der Waals surface area contributed by atoms with Gasteiger partial charge >= 0.3 is 6.03 Å². The van der Waals surface area contributed by atoms with Crippen LogP contribution in [0.4, 0.5) is 4.79 Å². The van der Waals surface area contributed by atoms with Crippen molar-refractivity contribution in [3.8, 4) is 10.4 Å². The zero-order valence-corrected chi connectivity index (χ0v) is 16.2. The molecule has 1 fully saturated rings. The number of amides is 3. The van der Waals surface area contributed by atoms with Crippen LogP contribution >= 0.6 is 11.3 Å². The van der Waals surface area contributed by atoms with Crippen LogP contribution < -0.4 is 5.73 Å². The van der Waals surface area contributed by atoms with Crippen LogP contribution in [-0.4, -0.2) is 33.4 Å². The molecule has 146 valence electrons. The van der Waals surface area contributed by atoms with Crippen molar-refractivity contribution in [3.63, 3.8) is 0 Å². The Morgan fingerprint density at radius 3 is 2.79 bits per heavy atom. The monoisotopic (exact) mass is 406 g/mol. The van der Waals surface area contributed by atoms with Gasteiger partial charge in [0.15, 0.2) is 0 Å². The highest BCUT2D eigenvalue weighted by Crippen LogP contribution is 2.49. The van der Waals surface area contributed by atoms with Crippen molar-refractivity contribution in [2.75, 3.05) is 6.54 Å². The van der Waals surface area contributed by atoms with E-state index in [1.54, 1.807) is 12.4 Å². The fraction of sp³-hybridized carbons (Fsp3) is 0.190. The molecule has 0 radical (unpaired) electrons. The number of urea groups is 1. The normalized spacial score (nSPS) is 20.1. The van der Waals surface area contributed by atoms with E-state index in [-0.39, 0.29) is 18.7 Å². The van der Waals surface area contributed by atoms with Gasteiger partial charge < -0.3 is 10.6 Å². The van der Waals surface area contributed by atoms with E-state index in [0.29, 0.717) is 6.54 Å². The van der Waals surface area contributed by atoms with E-state index in [9.17, 15) is 9.59 Å². The number of carbonyl (C=O) groups excluding carboxylic acids is 2. The molecule has 2 aliphatic rings. The maximum atomic E-state index is 13.0. The number of rotatable bonds is 5. The summed E-state index contributed by atoms with van der Waals surface area (Å²) in [6.07, 6.45) is 3.50. The summed E-state index contributed by atoms with van der Waals surface area (Å²) in [6.45, 7) is 0.643. The number of hydrogen-bond donors (Lipinski definition) is 1. The van der Waals surface area contributed by atoms with Gasteiger partial charge in [-0.25, -0.2) is 4.79 Å². The molecule has 4 heterocycles. The molecule has 2 bridgehead atoms. The van der Waals surface area contributed by atoms with Gasteiger partial charge in [0.2, 0.25) is 5.91 Å². The molecule has 8 heteroatoms. The Balaban J connectivity index is 1.51. The number of primary amides is 1. The van der Waals surface area contributed by atoms with Crippen LogP contribution in [0.25, 0.3) is 10.4 Å². The summed E-state index contributed by atoms with van der Waals surface area (Å²) in [4.78, 5) is 38.6. The van der Waals surface area contributed by atoms with Crippen LogP contribution in [-0.2, 0) is 16.2 Å². The Labute approximate surface area is 171 Å². The highest BCUT2D eigenvalue weighted by atomic mass is 32.1. The van der Waals surface area contributed by atoms with Gasteiger partial charge in [-0.1, -0.05) is 36.4 Å². The standard InChI is InChI=1S/C21H18N4O3S/c22-20(26)18-19-15(9-17(29-19)14-7-4-8-23-10-14)16-11-24(18)21(27)25(16)28-12-13-5-2-1-3-6-13/h1-10,16,18H,11-12H2,(H2,22,26). The SMILES string of the molecule is NC(=O)C1c2sc(-c3cccnc3)cc2C2CN1C(=O)N2OCc1ccccc1. The third-order valence-electron chi connectivity index (χ3n) is 5.23. The van der Waals surface area contributed by atoms with Gasteiger partial charge in [0.05, 0.1) is 6.54 Å². The van der Waals surface area contributed by atoms with E-state index >= 15 is 0 Å². The summed E-state index contributed by atoms with van der Waals surface area (Å²) in [5.74, 6) is -0.539. The molecule has 3 aromatic rings. The smallest absolute Gasteiger partial charge is 0.345 e. The first-order valence-corrected chi connectivity index (χ1v) is 10.0. The van der Waals surface area contributed by atoms with Crippen LogP contribution in [0, 0.1) is 0 Å². The fourth-order valence-electron chi connectivity index (χ4n) is 3.87. The van der Waals surface area contributed by atoms with E-state index in [1.165, 1.54) is 21.3 Å². The van der Waals surface area contributed by atoms with Gasteiger partial charge in [-0.15, -0.1) is 11.3 Å². The first kappa shape index (κ1) is 17.8. The molecule has 1 saturated heterocycles. The number of fused-ring (bicyclic) bond motifs is 4. The molecule has 2 unspecified atom stereocenters. The summed E-state index contributed by atoms with van der Waals surface area (Å²) < 4.78 is 0. The van der Waals surface area contributed by atoms with Crippen molar-refractivity contribution >= 4 is 23.3 Å². The minimum Gasteiger partial charge on any atom is -0.368 e. The van der Waals surface area contributed by atoms with Crippen LogP contribution in [0.3, 0.4) is 0 Å². The first-order chi connectivity index (χ1) is 14.1. The number of nitrogens with zero attached hydrogens (tertiary/aromatic N) is 3. The lowest BCUT2D eigenvalue weighted by molar-refractivity contribution is -0.141. The molecular weight excluding hydrogens is 388 g/mol. The molecule has 3 amide bonds. The average molecular weight is 406 g/mol. The lowest BCUT2D eigenvalue weighted by Crippen LogP contribution is -2.40. The Morgan fingerprint density at radius 1 is 1.24 bits per heavy atom. The van der Waals surface area contributed by atoms with Crippen LogP contribution in [0.15, 0.2) is 60.9 Å². The molecule has 29 heavy (non-hydrogen) atoms. The number of thiophene rings is 1. The van der Waals surface area contributed by atoms with Gasteiger partial charge in [-0.3, -0.25) is 14.6 Å². The second-order valence-electron chi connectivity index (χ2n) is 7.01. The van der Waals surface area contributed by atoms with Gasteiger partial charge in [-0.05, 0) is 23.3 Å². The number of aromatic nitrogens is 1. The third kappa shape index (κ3) is 2.97. The number of nitrogens with two attached hydrogens (primary N) is 1. The Morgan fingerprint density at radius 2 is 2.07 bits per heavy atom. The fourth-order valence-corrected chi connectivity index (χ4v) is 5.20. The predicted molar refractivity (Wildman–Crippen MR) is 107 cm³/mol. The summed E-state index contributed by atoms with van der Waals surface area (Å²) in [6, 6.07) is 14.1. The highest BCUT2D eigenvalue weighted by molar-refractivity contribution is 7.15. The number of carbonyl (C=O) groups is 2. The van der Waals surface area contributed by atoms with Crippen molar-refractivity contribution in [1.29, 1.82) is 0 Å². The molecule has 0 saturated carbocycles. The van der Waals surface area contributed by atoms with Gasteiger partial charge in [0, 0.05) is 27.7 Å². The van der Waals surface area contributed by atoms with Crippen LogP contribution in [0.5, 0.6) is 0 Å². The molecule has 2 aromatic heterocycles. The van der Waals surface area contributed by atoms with Crippen LogP contribution in [0.2, 0.25) is 0 Å². The zero-order chi connectivity index (χ0) is 20.0. The molecule has 2 aliphatic heterocycles. The molecule has 0 spiro atoms. The molecule has 5 rings (SSSR count). The number of hydroxylamine groups is 2. The average Bonchev–Trinajstić information content (AvgIpc) is 3.30. The molecule has 0 aliphatic carbocycles. The number of hydrogen-bond acceptors (Lipinski definition) is 5. The lowest BCUT2D eigenvalue weighted by atomic mass is 9.98. The third-order valence-corrected chi connectivity index (χ3v) is 6.48. The molecule has 7 nitrogen and oxygen atoms in total. The van der Waals surface area contributed by atoms with Crippen molar-refractivity contribution in [2.24, 2.45) is 5.73 Å². The number of pyridine rings is 1. The maximum Gasteiger partial charge on any atom is 0.345 e. The summed E-state index contributed by atoms with van der Waals surface area (Å²) >= 11 is 1.47. The summed E-state index contributed by atoms with van der Waals surface area (Å²) in [7, 11) is 0. The van der Waals surface area contributed by atoms with Crippen molar-refractivity contribution in [1.82, 2.24) is 14.9 Å². The van der Waals surface area contributed by atoms with E-state index in [0.717, 1.165) is 26.4 Å². The topological polar surface area (TPSA) is 88.8 Å². The predicted octanol–water partition coefficient (Wildman–Crippen LogP) is 3.26. The maximum absolute atomic E-state index is 13.0. The lowest BCUT2D eigenvalue weighted by Gasteiger charge is -2.28. The Bertz CT molecular complexity index is 1070. The first-order valence-electron chi connectivity index (χ1n) is 9.23. The summed E-state index contributed by atoms with van der Waals surface area (Å²) in [5.41, 5.74) is 8.52. The van der Waals surface area contributed by atoms with Gasteiger partial charge in [-0.2, -0.15) is 5.06 Å². The van der Waals surface area contributed by atoms with E-state index < -0.39 is 11.9 Å². The molecule has 2 atom stereocenters. The minimum atomic E-state index is -0.783.